The van der Waals surface area contributed by atoms with Gasteiger partial charge in [-0.2, -0.15) is 0 Å². The molecule has 0 saturated heterocycles. The number of carbonyl (C=O) groups is 1. The molecule has 5 nitrogen and oxygen atoms in total. The first kappa shape index (κ1) is 26.1. The van der Waals surface area contributed by atoms with Crippen molar-refractivity contribution in [3.05, 3.63) is 115 Å². The van der Waals surface area contributed by atoms with E-state index in [-0.39, 0.29) is 6.54 Å². The number of carboxylic acids is 1. The number of unbranched alkanes of at least 4 members (excludes halogenated alkanes) is 1. The molecule has 0 aliphatic heterocycles. The van der Waals surface area contributed by atoms with Crippen LogP contribution >= 0.6 is 0 Å². The van der Waals surface area contributed by atoms with Crippen molar-refractivity contribution < 1.29 is 14.6 Å². The molecule has 3 aromatic carbocycles. The molecular formula is C34H34N2O3. The zero-order valence-electron chi connectivity index (χ0n) is 22.3. The Bertz CT molecular complexity index is 1540. The third-order valence-corrected chi connectivity index (χ3v) is 7.00. The second kappa shape index (κ2) is 12.4. The van der Waals surface area contributed by atoms with Gasteiger partial charge in [0.1, 0.15) is 12.3 Å². The van der Waals surface area contributed by atoms with E-state index >= 15 is 0 Å². The SMILES string of the molecule is CCCCc1c(-c2ccc(-c3ccc(OCCc4ccccc4)c(NCC(=O)O)c3)cc2)cn2ccccc12. The number of aryl methyl sites for hydroxylation is 1. The molecule has 198 valence electrons. The van der Waals surface area contributed by atoms with Crippen LogP contribution in [-0.4, -0.2) is 28.6 Å². The van der Waals surface area contributed by atoms with Gasteiger partial charge in [0.05, 0.1) is 12.3 Å². The lowest BCUT2D eigenvalue weighted by atomic mass is 9.97. The van der Waals surface area contributed by atoms with Gasteiger partial charge < -0.3 is 19.6 Å². The monoisotopic (exact) mass is 518 g/mol. The first-order chi connectivity index (χ1) is 19.1. The molecule has 0 radical (unpaired) electrons. The highest BCUT2D eigenvalue weighted by Crippen LogP contribution is 2.34. The number of nitrogens with zero attached hydrogens (tertiary/aromatic N) is 1. The second-order valence-corrected chi connectivity index (χ2v) is 9.74. The lowest BCUT2D eigenvalue weighted by Crippen LogP contribution is -2.13. The molecule has 0 fully saturated rings. The van der Waals surface area contributed by atoms with Crippen LogP contribution in [0.3, 0.4) is 0 Å². The molecule has 5 heteroatoms. The molecule has 0 atom stereocenters. The molecule has 0 spiro atoms. The lowest BCUT2D eigenvalue weighted by molar-refractivity contribution is -0.134. The van der Waals surface area contributed by atoms with Crippen LogP contribution < -0.4 is 10.1 Å². The van der Waals surface area contributed by atoms with Crippen LogP contribution in [-0.2, 0) is 17.6 Å². The molecule has 0 bridgehead atoms. The van der Waals surface area contributed by atoms with Gasteiger partial charge in [-0.15, -0.1) is 0 Å². The minimum Gasteiger partial charge on any atom is -0.491 e. The summed E-state index contributed by atoms with van der Waals surface area (Å²) >= 11 is 0. The van der Waals surface area contributed by atoms with E-state index in [1.165, 1.54) is 27.8 Å². The summed E-state index contributed by atoms with van der Waals surface area (Å²) in [5.41, 5.74) is 9.05. The number of pyridine rings is 1. The van der Waals surface area contributed by atoms with Crippen LogP contribution in [0.1, 0.15) is 30.9 Å². The van der Waals surface area contributed by atoms with Gasteiger partial charge in [-0.3, -0.25) is 4.79 Å². The zero-order chi connectivity index (χ0) is 27.0. The number of carboxylic acid groups (broad SMARTS) is 1. The van der Waals surface area contributed by atoms with Crippen LogP contribution in [0.25, 0.3) is 27.8 Å². The summed E-state index contributed by atoms with van der Waals surface area (Å²) < 4.78 is 8.27. The highest BCUT2D eigenvalue weighted by molar-refractivity contribution is 5.80. The summed E-state index contributed by atoms with van der Waals surface area (Å²) in [4.78, 5) is 11.3. The van der Waals surface area contributed by atoms with Crippen molar-refractivity contribution in [1.82, 2.24) is 4.40 Å². The lowest BCUT2D eigenvalue weighted by Gasteiger charge is -2.15. The van der Waals surface area contributed by atoms with E-state index in [1.54, 1.807) is 0 Å². The van der Waals surface area contributed by atoms with Gasteiger partial charge >= 0.3 is 5.97 Å². The number of ether oxygens (including phenoxy) is 1. The van der Waals surface area contributed by atoms with E-state index in [1.807, 2.05) is 36.4 Å². The fourth-order valence-corrected chi connectivity index (χ4v) is 4.95. The Balaban J connectivity index is 1.38. The standard InChI is InChI=1S/C34H34N2O3/c1-2-3-11-29-30(24-36-20-8-7-12-32(29)36)27-15-13-26(14-16-27)28-17-18-33(31(22-28)35-23-34(37)38)39-21-19-25-9-5-4-6-10-25/h4-10,12-18,20,22,24,35H,2-3,11,19,21,23H2,1H3,(H,37,38). The number of aliphatic carboxylic acids is 1. The first-order valence-electron chi connectivity index (χ1n) is 13.6. The quantitative estimate of drug-likeness (QED) is 0.177. The minimum absolute atomic E-state index is 0.180. The van der Waals surface area contributed by atoms with E-state index in [2.05, 4.69) is 83.6 Å². The molecule has 2 heterocycles. The summed E-state index contributed by atoms with van der Waals surface area (Å²) in [6, 6.07) is 31.1. The van der Waals surface area contributed by atoms with Gasteiger partial charge in [0.2, 0.25) is 0 Å². The fourth-order valence-electron chi connectivity index (χ4n) is 4.95. The highest BCUT2D eigenvalue weighted by atomic mass is 16.5. The first-order valence-corrected chi connectivity index (χ1v) is 13.6. The third kappa shape index (κ3) is 6.32. The van der Waals surface area contributed by atoms with Gasteiger partial charge in [0, 0.05) is 29.9 Å². The number of rotatable bonds is 12. The molecule has 2 N–H and O–H groups in total. The fraction of sp³-hybridized carbons (Fsp3) is 0.206. The average Bonchev–Trinajstić information content (AvgIpc) is 3.34. The third-order valence-electron chi connectivity index (χ3n) is 7.00. The Labute approximate surface area is 229 Å². The van der Waals surface area contributed by atoms with Crippen molar-refractivity contribution in [2.75, 3.05) is 18.5 Å². The van der Waals surface area contributed by atoms with E-state index in [0.29, 0.717) is 18.0 Å². The summed E-state index contributed by atoms with van der Waals surface area (Å²) in [5, 5.41) is 12.3. The van der Waals surface area contributed by atoms with Crippen molar-refractivity contribution in [2.24, 2.45) is 0 Å². The van der Waals surface area contributed by atoms with E-state index in [4.69, 9.17) is 4.74 Å². The summed E-state index contributed by atoms with van der Waals surface area (Å²) in [6.45, 7) is 2.55. The maximum Gasteiger partial charge on any atom is 0.322 e. The minimum atomic E-state index is -0.918. The van der Waals surface area contributed by atoms with Crippen molar-refractivity contribution in [3.8, 4) is 28.0 Å². The number of nitrogens with one attached hydrogen (secondary N) is 1. The van der Waals surface area contributed by atoms with E-state index < -0.39 is 5.97 Å². The molecule has 5 aromatic rings. The Hall–Kier alpha value is -4.51. The van der Waals surface area contributed by atoms with Crippen molar-refractivity contribution in [1.29, 1.82) is 0 Å². The molecule has 0 aliphatic carbocycles. The maximum absolute atomic E-state index is 11.3. The zero-order valence-corrected chi connectivity index (χ0v) is 22.3. The molecule has 0 unspecified atom stereocenters. The number of hydrogen-bond acceptors (Lipinski definition) is 3. The van der Waals surface area contributed by atoms with Crippen LogP contribution in [0.15, 0.2) is 103 Å². The molecule has 0 amide bonds. The van der Waals surface area contributed by atoms with Crippen LogP contribution in [0.2, 0.25) is 0 Å². The topological polar surface area (TPSA) is 63.0 Å². The summed E-state index contributed by atoms with van der Waals surface area (Å²) in [5.74, 6) is -0.271. The molecular weight excluding hydrogens is 484 g/mol. The molecule has 0 aliphatic rings. The van der Waals surface area contributed by atoms with Crippen LogP contribution in [0.5, 0.6) is 5.75 Å². The Morgan fingerprint density at radius 3 is 2.38 bits per heavy atom. The van der Waals surface area contributed by atoms with Crippen LogP contribution in [0, 0.1) is 0 Å². The number of fused-ring (bicyclic) bond motifs is 1. The second-order valence-electron chi connectivity index (χ2n) is 9.74. The molecule has 39 heavy (non-hydrogen) atoms. The van der Waals surface area contributed by atoms with Gasteiger partial charge in [-0.05, 0) is 64.9 Å². The average molecular weight is 519 g/mol. The Morgan fingerprint density at radius 2 is 1.62 bits per heavy atom. The molecule has 0 saturated carbocycles. The van der Waals surface area contributed by atoms with Gasteiger partial charge in [0.25, 0.3) is 0 Å². The van der Waals surface area contributed by atoms with Gasteiger partial charge in [0.15, 0.2) is 0 Å². The van der Waals surface area contributed by atoms with Crippen LogP contribution in [0.4, 0.5) is 5.69 Å². The van der Waals surface area contributed by atoms with E-state index in [9.17, 15) is 9.90 Å². The number of anilines is 1. The number of benzene rings is 3. The van der Waals surface area contributed by atoms with Gasteiger partial charge in [-0.25, -0.2) is 0 Å². The Kier molecular flexibility index (Phi) is 8.27. The summed E-state index contributed by atoms with van der Waals surface area (Å²) in [6.07, 6.45) is 8.48. The largest absolute Gasteiger partial charge is 0.491 e. The predicted octanol–water partition coefficient (Wildman–Crippen LogP) is 7.73. The molecule has 5 rings (SSSR count). The maximum atomic E-state index is 11.3. The summed E-state index contributed by atoms with van der Waals surface area (Å²) in [7, 11) is 0. The van der Waals surface area contributed by atoms with Gasteiger partial charge in [-0.1, -0.05) is 80.1 Å². The van der Waals surface area contributed by atoms with Crippen molar-refractivity contribution in [2.45, 2.75) is 32.6 Å². The number of hydrogen-bond donors (Lipinski definition) is 2. The van der Waals surface area contributed by atoms with E-state index in [0.717, 1.165) is 36.8 Å². The smallest absolute Gasteiger partial charge is 0.322 e. The Morgan fingerprint density at radius 1 is 0.872 bits per heavy atom. The highest BCUT2D eigenvalue weighted by Gasteiger charge is 2.13. The molecule has 2 aromatic heterocycles. The normalized spacial score (nSPS) is 11.0. The van der Waals surface area contributed by atoms with Crippen molar-refractivity contribution >= 4 is 17.2 Å². The number of aromatic nitrogens is 1. The van der Waals surface area contributed by atoms with Crippen molar-refractivity contribution in [3.63, 3.8) is 0 Å². The predicted molar refractivity (Wildman–Crippen MR) is 159 cm³/mol.